The maximum absolute atomic E-state index is 13.0. The first kappa shape index (κ1) is 29.3. The van der Waals surface area contributed by atoms with Crippen LogP contribution in [-0.4, -0.2) is 86.9 Å². The van der Waals surface area contributed by atoms with Gasteiger partial charge in [-0.25, -0.2) is 4.79 Å². The van der Waals surface area contributed by atoms with Gasteiger partial charge in [0.15, 0.2) is 0 Å². The lowest BCUT2D eigenvalue weighted by atomic mass is 9.94. The van der Waals surface area contributed by atoms with Crippen LogP contribution in [0.1, 0.15) is 43.5 Å². The molecule has 0 radical (unpaired) electrons. The van der Waals surface area contributed by atoms with Crippen LogP contribution in [0.2, 0.25) is 5.02 Å². The lowest BCUT2D eigenvalue weighted by Crippen LogP contribution is -2.56. The first-order valence-electron chi connectivity index (χ1n) is 12.0. The van der Waals surface area contributed by atoms with Gasteiger partial charge in [-0.05, 0) is 45.1 Å². The number of hydrogen-bond donors (Lipinski definition) is 3. The number of carbonyl (C=O) groups is 2. The van der Waals surface area contributed by atoms with Crippen molar-refractivity contribution in [2.45, 2.75) is 51.3 Å². The molecule has 4 N–H and O–H groups in total. The van der Waals surface area contributed by atoms with Gasteiger partial charge in [0.05, 0.1) is 35.5 Å². The molecule has 2 aliphatic heterocycles. The zero-order valence-corrected chi connectivity index (χ0v) is 22.6. The van der Waals surface area contributed by atoms with Crippen molar-refractivity contribution in [2.75, 3.05) is 52.7 Å². The quantitative estimate of drug-likeness (QED) is 0.466. The van der Waals surface area contributed by atoms with E-state index >= 15 is 0 Å². The molecule has 0 unspecified atom stereocenters. The maximum Gasteiger partial charge on any atom is 0.317 e. The van der Waals surface area contributed by atoms with Crippen molar-refractivity contribution in [3.8, 4) is 5.75 Å². The summed E-state index contributed by atoms with van der Waals surface area (Å²) in [6.07, 6.45) is 2.66. The Kier molecular flexibility index (Phi) is 11.2. The van der Waals surface area contributed by atoms with Gasteiger partial charge in [0.1, 0.15) is 5.75 Å². The highest BCUT2D eigenvalue weighted by molar-refractivity contribution is 6.33. The van der Waals surface area contributed by atoms with E-state index in [2.05, 4.69) is 15.5 Å². The van der Waals surface area contributed by atoms with Crippen molar-refractivity contribution in [1.29, 1.82) is 0 Å². The second-order valence-corrected chi connectivity index (χ2v) is 9.92. The number of amides is 3. The third-order valence-corrected chi connectivity index (χ3v) is 6.98. The topological polar surface area (TPSA) is 109 Å². The van der Waals surface area contributed by atoms with Crippen LogP contribution in [0, 0.1) is 5.92 Å². The summed E-state index contributed by atoms with van der Waals surface area (Å²) in [5, 5.41) is 6.38. The standard InChI is InChI=1S/C24H38ClN5O4.ClH/c1-15(2)27-24(32)30-9-5-16(6-10-30)13-29-8-7-20(22(14-29)34-4)28-23(31)17-11-18(25)19(26)12-21(17)33-3;/h11-12,15-16,20,22H,5-10,13-14,26H2,1-4H3,(H,27,32)(H,28,31);1H/t20-,22+;/m0./s1. The van der Waals surface area contributed by atoms with Crippen LogP contribution < -0.4 is 21.1 Å². The van der Waals surface area contributed by atoms with Gasteiger partial charge in [-0.1, -0.05) is 11.6 Å². The number of carbonyl (C=O) groups excluding carboxylic acids is 2. The fourth-order valence-corrected chi connectivity index (χ4v) is 4.90. The van der Waals surface area contributed by atoms with Crippen LogP contribution in [0.4, 0.5) is 10.5 Å². The molecule has 1 aromatic carbocycles. The summed E-state index contributed by atoms with van der Waals surface area (Å²) < 4.78 is 11.1. The number of halogens is 2. The number of nitrogens with zero attached hydrogens (tertiary/aromatic N) is 2. The molecule has 1 aromatic rings. The lowest BCUT2D eigenvalue weighted by molar-refractivity contribution is -0.000640. The van der Waals surface area contributed by atoms with E-state index in [0.29, 0.717) is 27.9 Å². The fraction of sp³-hybridized carbons (Fsp3) is 0.667. The van der Waals surface area contributed by atoms with Gasteiger partial charge in [-0.2, -0.15) is 0 Å². The van der Waals surface area contributed by atoms with E-state index in [0.717, 1.165) is 52.0 Å². The number of nitrogens with two attached hydrogens (primary N) is 1. The summed E-state index contributed by atoms with van der Waals surface area (Å²) in [4.78, 5) is 29.5. The van der Waals surface area contributed by atoms with Crippen molar-refractivity contribution in [1.82, 2.24) is 20.4 Å². The van der Waals surface area contributed by atoms with Gasteiger partial charge in [0, 0.05) is 51.9 Å². The Labute approximate surface area is 219 Å². The Morgan fingerprint density at radius 3 is 2.46 bits per heavy atom. The van der Waals surface area contributed by atoms with Crippen LogP contribution in [0.15, 0.2) is 12.1 Å². The predicted molar refractivity (Wildman–Crippen MR) is 141 cm³/mol. The zero-order valence-electron chi connectivity index (χ0n) is 21.0. The molecule has 2 saturated heterocycles. The van der Waals surface area contributed by atoms with Gasteiger partial charge in [0.25, 0.3) is 5.91 Å². The molecule has 2 aliphatic rings. The van der Waals surface area contributed by atoms with Crippen molar-refractivity contribution in [3.05, 3.63) is 22.7 Å². The van der Waals surface area contributed by atoms with Crippen LogP contribution in [0.5, 0.6) is 5.75 Å². The number of urea groups is 1. The maximum atomic E-state index is 13.0. The Balaban J connectivity index is 0.00000432. The molecule has 35 heavy (non-hydrogen) atoms. The molecule has 0 aliphatic carbocycles. The minimum Gasteiger partial charge on any atom is -0.496 e. The highest BCUT2D eigenvalue weighted by Crippen LogP contribution is 2.29. The van der Waals surface area contributed by atoms with Crippen molar-refractivity contribution in [2.24, 2.45) is 5.92 Å². The molecule has 2 atom stereocenters. The molecule has 2 fully saturated rings. The number of anilines is 1. The molecule has 3 rings (SSSR count). The fourth-order valence-electron chi connectivity index (χ4n) is 4.73. The minimum absolute atomic E-state index is 0. The van der Waals surface area contributed by atoms with Crippen molar-refractivity contribution < 1.29 is 19.1 Å². The first-order valence-corrected chi connectivity index (χ1v) is 12.3. The summed E-state index contributed by atoms with van der Waals surface area (Å²) in [5.74, 6) is 0.679. The molecule has 0 bridgehead atoms. The molecule has 9 nitrogen and oxygen atoms in total. The van der Waals surface area contributed by atoms with Crippen LogP contribution >= 0.6 is 24.0 Å². The number of nitrogen functional groups attached to an aromatic ring is 1. The molecule has 0 aromatic heterocycles. The van der Waals surface area contributed by atoms with Crippen LogP contribution in [0.3, 0.4) is 0 Å². The average molecular weight is 533 g/mol. The van der Waals surface area contributed by atoms with Gasteiger partial charge in [0.2, 0.25) is 0 Å². The Morgan fingerprint density at radius 2 is 1.86 bits per heavy atom. The molecular formula is C24H39Cl2N5O4. The smallest absolute Gasteiger partial charge is 0.317 e. The lowest BCUT2D eigenvalue weighted by Gasteiger charge is -2.41. The molecular weight excluding hydrogens is 493 g/mol. The van der Waals surface area contributed by atoms with Crippen molar-refractivity contribution >= 4 is 41.6 Å². The third-order valence-electron chi connectivity index (χ3n) is 6.66. The van der Waals surface area contributed by atoms with E-state index in [1.165, 1.54) is 13.2 Å². The number of benzene rings is 1. The number of rotatable bonds is 7. The highest BCUT2D eigenvalue weighted by atomic mass is 35.5. The summed E-state index contributed by atoms with van der Waals surface area (Å²) in [7, 11) is 3.18. The third kappa shape index (κ3) is 7.77. The average Bonchev–Trinajstić information content (AvgIpc) is 2.81. The Bertz CT molecular complexity index is 865. The van der Waals surface area contributed by atoms with E-state index in [4.69, 9.17) is 26.8 Å². The second kappa shape index (κ2) is 13.4. The van der Waals surface area contributed by atoms with Crippen LogP contribution in [0.25, 0.3) is 0 Å². The molecule has 198 valence electrons. The normalized spacial score (nSPS) is 21.4. The van der Waals surface area contributed by atoms with E-state index in [1.807, 2.05) is 18.7 Å². The number of methoxy groups -OCH3 is 2. The SMILES string of the molecule is COc1cc(N)c(Cl)cc1C(=O)N[C@H]1CCN(CC2CCN(C(=O)NC(C)C)CC2)C[C@H]1OC.Cl. The second-order valence-electron chi connectivity index (χ2n) is 9.51. The van der Waals surface area contributed by atoms with Gasteiger partial charge >= 0.3 is 6.03 Å². The van der Waals surface area contributed by atoms with E-state index in [-0.39, 0.29) is 42.5 Å². The molecule has 3 amide bonds. The number of hydrogen-bond acceptors (Lipinski definition) is 6. The zero-order chi connectivity index (χ0) is 24.8. The number of likely N-dealkylation sites (tertiary alicyclic amines) is 2. The van der Waals surface area contributed by atoms with E-state index in [9.17, 15) is 9.59 Å². The van der Waals surface area contributed by atoms with E-state index < -0.39 is 0 Å². The largest absolute Gasteiger partial charge is 0.496 e. The molecule has 2 heterocycles. The molecule has 0 saturated carbocycles. The Hall–Kier alpha value is -1.94. The molecule has 11 heteroatoms. The van der Waals surface area contributed by atoms with Gasteiger partial charge in [-0.3, -0.25) is 4.79 Å². The summed E-state index contributed by atoms with van der Waals surface area (Å²) in [6, 6.07) is 3.16. The number of piperidine rings is 2. The van der Waals surface area contributed by atoms with E-state index in [1.54, 1.807) is 13.2 Å². The van der Waals surface area contributed by atoms with Crippen molar-refractivity contribution in [3.63, 3.8) is 0 Å². The van der Waals surface area contributed by atoms with Gasteiger partial charge < -0.3 is 35.6 Å². The highest BCUT2D eigenvalue weighted by Gasteiger charge is 2.33. The first-order chi connectivity index (χ1) is 16.2. The Morgan fingerprint density at radius 1 is 1.17 bits per heavy atom. The van der Waals surface area contributed by atoms with Gasteiger partial charge in [-0.15, -0.1) is 12.4 Å². The molecule has 0 spiro atoms. The summed E-state index contributed by atoms with van der Waals surface area (Å²) in [5.41, 5.74) is 6.55. The monoisotopic (exact) mass is 531 g/mol. The summed E-state index contributed by atoms with van der Waals surface area (Å²) >= 11 is 6.13. The minimum atomic E-state index is -0.258. The van der Waals surface area contributed by atoms with Crippen LogP contribution in [-0.2, 0) is 4.74 Å². The predicted octanol–water partition coefficient (Wildman–Crippen LogP) is 3.00. The number of ether oxygens (including phenoxy) is 2. The number of nitrogens with one attached hydrogen (secondary N) is 2. The summed E-state index contributed by atoms with van der Waals surface area (Å²) in [6.45, 7) is 8.12.